The number of carbonyl (C=O) groups excluding carboxylic acids is 1. The highest BCUT2D eigenvalue weighted by molar-refractivity contribution is 6.30. The molecule has 0 unspecified atom stereocenters. The standard InChI is InChI=1S/C19H15ClN4O2/c1-13-10-15(20)6-7-18(13)26-12-24-9-8-17(23-24)19(25)22-16-5-3-2-4-14(16)11-21/h2-10H,12H2,1H3,(H,22,25). The van der Waals surface area contributed by atoms with Gasteiger partial charge in [0.05, 0.1) is 11.3 Å². The summed E-state index contributed by atoms with van der Waals surface area (Å²) in [6.07, 6.45) is 1.65. The average molecular weight is 367 g/mol. The van der Waals surface area contributed by atoms with Gasteiger partial charge in [0, 0.05) is 11.2 Å². The summed E-state index contributed by atoms with van der Waals surface area (Å²) in [7, 11) is 0. The zero-order chi connectivity index (χ0) is 18.5. The normalized spacial score (nSPS) is 10.2. The molecule has 0 aliphatic carbocycles. The maximum Gasteiger partial charge on any atom is 0.276 e. The number of para-hydroxylation sites is 1. The molecular formula is C19H15ClN4O2. The van der Waals surface area contributed by atoms with Crippen LogP contribution in [0.2, 0.25) is 5.02 Å². The average Bonchev–Trinajstić information content (AvgIpc) is 3.10. The van der Waals surface area contributed by atoms with Gasteiger partial charge in [-0.1, -0.05) is 23.7 Å². The summed E-state index contributed by atoms with van der Waals surface area (Å²) in [5, 5.41) is 16.6. The fourth-order valence-electron chi connectivity index (χ4n) is 2.34. The lowest BCUT2D eigenvalue weighted by Gasteiger charge is -2.09. The van der Waals surface area contributed by atoms with Gasteiger partial charge < -0.3 is 10.1 Å². The number of anilines is 1. The molecule has 0 saturated heterocycles. The van der Waals surface area contributed by atoms with Crippen molar-refractivity contribution in [2.24, 2.45) is 0 Å². The number of benzene rings is 2. The van der Waals surface area contributed by atoms with Crippen LogP contribution in [-0.2, 0) is 6.73 Å². The van der Waals surface area contributed by atoms with Gasteiger partial charge in [0.2, 0.25) is 0 Å². The zero-order valence-electron chi connectivity index (χ0n) is 13.9. The van der Waals surface area contributed by atoms with E-state index in [4.69, 9.17) is 21.6 Å². The summed E-state index contributed by atoms with van der Waals surface area (Å²) in [5.41, 5.74) is 1.98. The van der Waals surface area contributed by atoms with E-state index in [1.54, 1.807) is 48.7 Å². The molecule has 0 aliphatic heterocycles. The SMILES string of the molecule is Cc1cc(Cl)ccc1OCn1ccc(C(=O)Nc2ccccc2C#N)n1. The van der Waals surface area contributed by atoms with Crippen LogP contribution in [0.15, 0.2) is 54.7 Å². The predicted molar refractivity (Wildman–Crippen MR) is 98.2 cm³/mol. The molecule has 130 valence electrons. The van der Waals surface area contributed by atoms with Gasteiger partial charge in [-0.25, -0.2) is 4.68 Å². The summed E-state index contributed by atoms with van der Waals surface area (Å²) in [5.74, 6) is 0.299. The molecule has 3 rings (SSSR count). The van der Waals surface area contributed by atoms with E-state index in [1.807, 2.05) is 19.1 Å². The molecule has 0 bridgehead atoms. The Labute approximate surface area is 155 Å². The van der Waals surface area contributed by atoms with Gasteiger partial charge in [-0.05, 0) is 48.9 Å². The Morgan fingerprint density at radius 1 is 1.31 bits per heavy atom. The van der Waals surface area contributed by atoms with Crippen molar-refractivity contribution in [3.63, 3.8) is 0 Å². The number of hydrogen-bond acceptors (Lipinski definition) is 4. The van der Waals surface area contributed by atoms with Crippen molar-refractivity contribution >= 4 is 23.2 Å². The predicted octanol–water partition coefficient (Wildman–Crippen LogP) is 4.01. The Bertz CT molecular complexity index is 991. The van der Waals surface area contributed by atoms with Crippen molar-refractivity contribution in [1.29, 1.82) is 5.26 Å². The molecule has 0 aliphatic rings. The molecule has 0 fully saturated rings. The Balaban J connectivity index is 1.65. The summed E-state index contributed by atoms with van der Waals surface area (Å²) >= 11 is 5.92. The van der Waals surface area contributed by atoms with Crippen LogP contribution in [0.1, 0.15) is 21.6 Å². The third-order valence-electron chi connectivity index (χ3n) is 3.66. The van der Waals surface area contributed by atoms with E-state index < -0.39 is 5.91 Å². The van der Waals surface area contributed by atoms with Crippen molar-refractivity contribution < 1.29 is 9.53 Å². The summed E-state index contributed by atoms with van der Waals surface area (Å²) in [4.78, 5) is 12.3. The van der Waals surface area contributed by atoms with Crippen molar-refractivity contribution in [2.75, 3.05) is 5.32 Å². The molecular weight excluding hydrogens is 352 g/mol. The van der Waals surface area contributed by atoms with Crippen LogP contribution in [0.5, 0.6) is 5.75 Å². The molecule has 1 N–H and O–H groups in total. The molecule has 0 radical (unpaired) electrons. The maximum absolute atomic E-state index is 12.3. The van der Waals surface area contributed by atoms with Gasteiger partial charge in [0.15, 0.2) is 12.4 Å². The maximum atomic E-state index is 12.3. The third-order valence-corrected chi connectivity index (χ3v) is 3.89. The second-order valence-corrected chi connectivity index (χ2v) is 5.97. The minimum atomic E-state index is -0.394. The summed E-state index contributed by atoms with van der Waals surface area (Å²) in [6, 6.07) is 15.8. The van der Waals surface area contributed by atoms with Gasteiger partial charge in [-0.15, -0.1) is 0 Å². The Kier molecular flexibility index (Phi) is 5.20. The molecule has 6 nitrogen and oxygen atoms in total. The first-order valence-electron chi connectivity index (χ1n) is 7.79. The van der Waals surface area contributed by atoms with Crippen LogP contribution in [0.25, 0.3) is 0 Å². The molecule has 2 aromatic carbocycles. The van der Waals surface area contributed by atoms with E-state index in [0.717, 1.165) is 5.56 Å². The molecule has 3 aromatic rings. The van der Waals surface area contributed by atoms with Crippen LogP contribution in [0.3, 0.4) is 0 Å². The largest absolute Gasteiger partial charge is 0.471 e. The number of nitrogens with zero attached hydrogens (tertiary/aromatic N) is 3. The number of ether oxygens (including phenoxy) is 1. The van der Waals surface area contributed by atoms with Crippen LogP contribution in [0, 0.1) is 18.3 Å². The van der Waals surface area contributed by atoms with Gasteiger partial charge in [0.1, 0.15) is 11.8 Å². The van der Waals surface area contributed by atoms with E-state index in [9.17, 15) is 4.79 Å². The molecule has 1 aromatic heterocycles. The van der Waals surface area contributed by atoms with Crippen molar-refractivity contribution in [3.05, 3.63) is 76.6 Å². The van der Waals surface area contributed by atoms with Crippen LogP contribution < -0.4 is 10.1 Å². The van der Waals surface area contributed by atoms with Crippen LogP contribution >= 0.6 is 11.6 Å². The fraction of sp³-hybridized carbons (Fsp3) is 0.105. The first-order valence-corrected chi connectivity index (χ1v) is 8.17. The molecule has 7 heteroatoms. The second-order valence-electron chi connectivity index (χ2n) is 5.54. The number of aryl methyl sites for hydroxylation is 1. The van der Waals surface area contributed by atoms with E-state index in [-0.39, 0.29) is 12.4 Å². The number of carbonyl (C=O) groups is 1. The van der Waals surface area contributed by atoms with Crippen LogP contribution in [0.4, 0.5) is 5.69 Å². The molecule has 0 saturated carbocycles. The Morgan fingerprint density at radius 3 is 2.88 bits per heavy atom. The number of amides is 1. The van der Waals surface area contributed by atoms with E-state index >= 15 is 0 Å². The number of nitrogens with one attached hydrogen (secondary N) is 1. The Morgan fingerprint density at radius 2 is 2.12 bits per heavy atom. The topological polar surface area (TPSA) is 79.9 Å². The second kappa shape index (κ2) is 7.72. The summed E-state index contributed by atoms with van der Waals surface area (Å²) in [6.45, 7) is 2.06. The van der Waals surface area contributed by atoms with Crippen molar-refractivity contribution in [3.8, 4) is 11.8 Å². The van der Waals surface area contributed by atoms with E-state index in [0.29, 0.717) is 22.0 Å². The number of aromatic nitrogens is 2. The van der Waals surface area contributed by atoms with E-state index in [2.05, 4.69) is 10.4 Å². The first kappa shape index (κ1) is 17.5. The highest BCUT2D eigenvalue weighted by atomic mass is 35.5. The minimum Gasteiger partial charge on any atom is -0.471 e. The third kappa shape index (κ3) is 4.02. The highest BCUT2D eigenvalue weighted by Gasteiger charge is 2.12. The zero-order valence-corrected chi connectivity index (χ0v) is 14.7. The van der Waals surface area contributed by atoms with Gasteiger partial charge >= 0.3 is 0 Å². The van der Waals surface area contributed by atoms with Gasteiger partial charge in [-0.3, -0.25) is 4.79 Å². The first-order chi connectivity index (χ1) is 12.6. The number of nitriles is 1. The lowest BCUT2D eigenvalue weighted by Crippen LogP contribution is -2.15. The molecule has 0 atom stereocenters. The quantitative estimate of drug-likeness (QED) is 0.740. The molecule has 26 heavy (non-hydrogen) atoms. The van der Waals surface area contributed by atoms with Crippen LogP contribution in [-0.4, -0.2) is 15.7 Å². The van der Waals surface area contributed by atoms with Gasteiger partial charge in [0.25, 0.3) is 5.91 Å². The van der Waals surface area contributed by atoms with Crippen molar-refractivity contribution in [2.45, 2.75) is 13.7 Å². The number of hydrogen-bond donors (Lipinski definition) is 1. The van der Waals surface area contributed by atoms with E-state index in [1.165, 1.54) is 4.68 Å². The lowest BCUT2D eigenvalue weighted by atomic mass is 10.2. The molecule has 1 amide bonds. The fourth-order valence-corrected chi connectivity index (χ4v) is 2.57. The smallest absolute Gasteiger partial charge is 0.276 e. The minimum absolute atomic E-state index is 0.157. The molecule has 0 spiro atoms. The molecule has 1 heterocycles. The Hall–Kier alpha value is -3.30. The van der Waals surface area contributed by atoms with Crippen molar-refractivity contribution in [1.82, 2.24) is 9.78 Å². The monoisotopic (exact) mass is 366 g/mol. The summed E-state index contributed by atoms with van der Waals surface area (Å²) < 4.78 is 7.21. The lowest BCUT2D eigenvalue weighted by molar-refractivity contribution is 0.102. The number of halogens is 1. The number of rotatable bonds is 5. The van der Waals surface area contributed by atoms with Gasteiger partial charge in [-0.2, -0.15) is 10.4 Å². The highest BCUT2D eigenvalue weighted by Crippen LogP contribution is 2.22.